The van der Waals surface area contributed by atoms with Gasteiger partial charge in [0.05, 0.1) is 22.2 Å². The van der Waals surface area contributed by atoms with Crippen molar-refractivity contribution < 1.29 is 17.9 Å². The first-order chi connectivity index (χ1) is 11.8. The maximum Gasteiger partial charge on any atom is 0.261 e. The highest BCUT2D eigenvalue weighted by Gasteiger charge is 2.19. The molecule has 2 aromatic carbocycles. The zero-order valence-corrected chi connectivity index (χ0v) is 15.4. The lowest BCUT2D eigenvalue weighted by Crippen LogP contribution is -2.28. The normalized spacial score (nSPS) is 11.2. The molecule has 0 aliphatic heterocycles. The van der Waals surface area contributed by atoms with Gasteiger partial charge in [0.2, 0.25) is 0 Å². The van der Waals surface area contributed by atoms with Gasteiger partial charge in [0, 0.05) is 19.2 Å². The van der Waals surface area contributed by atoms with Crippen LogP contribution in [0.3, 0.4) is 0 Å². The van der Waals surface area contributed by atoms with E-state index in [2.05, 4.69) is 10.0 Å². The molecule has 0 bridgehead atoms. The molecule has 0 aliphatic carbocycles. The first kappa shape index (κ1) is 19.2. The topological polar surface area (TPSA) is 84.5 Å². The smallest absolute Gasteiger partial charge is 0.261 e. The molecule has 2 N–H and O–H groups in total. The monoisotopic (exact) mass is 382 g/mol. The summed E-state index contributed by atoms with van der Waals surface area (Å²) < 4.78 is 32.5. The number of halogens is 1. The van der Waals surface area contributed by atoms with Crippen LogP contribution in [0.25, 0.3) is 0 Å². The Morgan fingerprint density at radius 3 is 2.60 bits per heavy atom. The molecule has 2 aromatic rings. The van der Waals surface area contributed by atoms with Crippen LogP contribution in [0.4, 0.5) is 5.69 Å². The van der Waals surface area contributed by atoms with Crippen molar-refractivity contribution in [2.45, 2.75) is 11.8 Å². The zero-order valence-electron chi connectivity index (χ0n) is 13.9. The number of sulfonamides is 1. The minimum absolute atomic E-state index is 0.0186. The largest absolute Gasteiger partial charge is 0.383 e. The Kier molecular flexibility index (Phi) is 6.41. The summed E-state index contributed by atoms with van der Waals surface area (Å²) in [6.07, 6.45) is 0. The zero-order chi connectivity index (χ0) is 18.4. The molecule has 0 heterocycles. The SMILES string of the molecule is COCCNC(=O)c1cc(S(=O)(=O)Nc2ccccc2Cl)ccc1C. The van der Waals surface area contributed by atoms with Crippen LogP contribution in [-0.4, -0.2) is 34.6 Å². The van der Waals surface area contributed by atoms with Crippen molar-refractivity contribution in [1.82, 2.24) is 5.32 Å². The number of rotatable bonds is 7. The lowest BCUT2D eigenvalue weighted by Gasteiger charge is -2.12. The van der Waals surface area contributed by atoms with Crippen LogP contribution in [0.1, 0.15) is 15.9 Å². The summed E-state index contributed by atoms with van der Waals surface area (Å²) in [5.74, 6) is -0.357. The number of methoxy groups -OCH3 is 1. The van der Waals surface area contributed by atoms with Crippen LogP contribution in [0.5, 0.6) is 0 Å². The third kappa shape index (κ3) is 4.94. The van der Waals surface area contributed by atoms with E-state index in [9.17, 15) is 13.2 Å². The number of aryl methyl sites for hydroxylation is 1. The van der Waals surface area contributed by atoms with Crippen molar-refractivity contribution in [2.75, 3.05) is 25.0 Å². The van der Waals surface area contributed by atoms with E-state index in [4.69, 9.17) is 16.3 Å². The second-order valence-corrected chi connectivity index (χ2v) is 7.40. The van der Waals surface area contributed by atoms with E-state index >= 15 is 0 Å². The minimum Gasteiger partial charge on any atom is -0.383 e. The molecule has 0 spiro atoms. The van der Waals surface area contributed by atoms with E-state index < -0.39 is 10.0 Å². The number of benzene rings is 2. The Balaban J connectivity index is 2.28. The van der Waals surface area contributed by atoms with Gasteiger partial charge in [0.15, 0.2) is 0 Å². The standard InChI is InChI=1S/C17H19ClN2O4S/c1-12-7-8-13(11-14(12)17(21)19-9-10-24-2)25(22,23)20-16-6-4-3-5-15(16)18/h3-8,11,20H,9-10H2,1-2H3,(H,19,21). The highest BCUT2D eigenvalue weighted by atomic mass is 35.5. The van der Waals surface area contributed by atoms with Gasteiger partial charge in [-0.1, -0.05) is 29.8 Å². The molecular weight excluding hydrogens is 364 g/mol. The summed E-state index contributed by atoms with van der Waals surface area (Å²) in [7, 11) is -2.34. The lowest BCUT2D eigenvalue weighted by molar-refractivity contribution is 0.0936. The van der Waals surface area contributed by atoms with Gasteiger partial charge in [-0.3, -0.25) is 9.52 Å². The number of carbonyl (C=O) groups excluding carboxylic acids is 1. The van der Waals surface area contributed by atoms with Crippen LogP contribution in [0.2, 0.25) is 5.02 Å². The van der Waals surface area contributed by atoms with Crippen molar-refractivity contribution in [3.63, 3.8) is 0 Å². The molecule has 6 nitrogen and oxygen atoms in total. The van der Waals surface area contributed by atoms with Crippen LogP contribution in [0, 0.1) is 6.92 Å². The van der Waals surface area contributed by atoms with Crippen LogP contribution >= 0.6 is 11.6 Å². The van der Waals surface area contributed by atoms with E-state index in [0.717, 1.165) is 0 Å². The molecule has 1 amide bonds. The third-order valence-electron chi connectivity index (χ3n) is 3.47. The molecule has 0 unspecified atom stereocenters. The predicted octanol–water partition coefficient (Wildman–Crippen LogP) is 2.83. The summed E-state index contributed by atoms with van der Waals surface area (Å²) in [4.78, 5) is 12.2. The van der Waals surface area contributed by atoms with Crippen molar-refractivity contribution in [1.29, 1.82) is 0 Å². The van der Waals surface area contributed by atoms with Gasteiger partial charge in [0.25, 0.3) is 15.9 Å². The van der Waals surface area contributed by atoms with E-state index in [-0.39, 0.29) is 27.1 Å². The van der Waals surface area contributed by atoms with E-state index in [1.807, 2.05) is 0 Å². The van der Waals surface area contributed by atoms with Crippen molar-refractivity contribution >= 4 is 33.2 Å². The second kappa shape index (κ2) is 8.33. The van der Waals surface area contributed by atoms with Crippen LogP contribution in [-0.2, 0) is 14.8 Å². The predicted molar refractivity (Wildman–Crippen MR) is 97.6 cm³/mol. The Morgan fingerprint density at radius 1 is 1.20 bits per heavy atom. The maximum absolute atomic E-state index is 12.6. The Morgan fingerprint density at radius 2 is 1.92 bits per heavy atom. The Bertz CT molecular complexity index is 869. The second-order valence-electron chi connectivity index (χ2n) is 5.31. The van der Waals surface area contributed by atoms with Gasteiger partial charge < -0.3 is 10.1 Å². The summed E-state index contributed by atoms with van der Waals surface area (Å²) in [5, 5.41) is 2.97. The molecule has 0 saturated heterocycles. The fourth-order valence-electron chi connectivity index (χ4n) is 2.12. The van der Waals surface area contributed by atoms with E-state index in [0.29, 0.717) is 18.7 Å². The van der Waals surface area contributed by atoms with Crippen molar-refractivity contribution in [3.05, 3.63) is 58.6 Å². The van der Waals surface area contributed by atoms with Crippen molar-refractivity contribution in [3.8, 4) is 0 Å². The van der Waals surface area contributed by atoms with Crippen molar-refractivity contribution in [2.24, 2.45) is 0 Å². The Hall–Kier alpha value is -2.09. The molecule has 0 aromatic heterocycles. The first-order valence-corrected chi connectivity index (χ1v) is 9.36. The number of ether oxygens (including phenoxy) is 1. The van der Waals surface area contributed by atoms with Gasteiger partial charge in [0.1, 0.15) is 0 Å². The quantitative estimate of drug-likeness (QED) is 0.721. The average Bonchev–Trinajstić information content (AvgIpc) is 2.57. The number of hydrogen-bond acceptors (Lipinski definition) is 4. The summed E-state index contributed by atoms with van der Waals surface area (Å²) >= 11 is 5.99. The molecule has 25 heavy (non-hydrogen) atoms. The van der Waals surface area contributed by atoms with Gasteiger partial charge in [-0.25, -0.2) is 8.42 Å². The number of carbonyl (C=O) groups is 1. The summed E-state index contributed by atoms with van der Waals surface area (Å²) in [5.41, 5.74) is 1.24. The third-order valence-corrected chi connectivity index (χ3v) is 5.17. The highest BCUT2D eigenvalue weighted by molar-refractivity contribution is 7.92. The number of amides is 1. The molecule has 0 atom stereocenters. The first-order valence-electron chi connectivity index (χ1n) is 7.50. The van der Waals surface area contributed by atoms with Crippen LogP contribution < -0.4 is 10.0 Å². The molecule has 2 rings (SSSR count). The fourth-order valence-corrected chi connectivity index (χ4v) is 3.47. The molecule has 134 valence electrons. The number of para-hydroxylation sites is 1. The number of anilines is 1. The minimum atomic E-state index is -3.87. The highest BCUT2D eigenvalue weighted by Crippen LogP contribution is 2.24. The van der Waals surface area contributed by atoms with E-state index in [1.54, 1.807) is 37.3 Å². The molecule has 0 saturated carbocycles. The summed E-state index contributed by atoms with van der Waals surface area (Å²) in [6, 6.07) is 10.9. The lowest BCUT2D eigenvalue weighted by atomic mass is 10.1. The molecule has 0 fully saturated rings. The van der Waals surface area contributed by atoms with Gasteiger partial charge in [-0.05, 0) is 36.8 Å². The van der Waals surface area contributed by atoms with Gasteiger partial charge in [-0.2, -0.15) is 0 Å². The fraction of sp³-hybridized carbons (Fsp3) is 0.235. The molecule has 8 heteroatoms. The Labute approximate surface area is 152 Å². The average molecular weight is 383 g/mol. The maximum atomic E-state index is 12.6. The molecule has 0 radical (unpaired) electrons. The van der Waals surface area contributed by atoms with E-state index in [1.165, 1.54) is 19.2 Å². The molecule has 0 aliphatic rings. The summed E-state index contributed by atoms with van der Waals surface area (Å²) in [6.45, 7) is 2.45. The molecular formula is C17H19ClN2O4S. The van der Waals surface area contributed by atoms with Gasteiger partial charge >= 0.3 is 0 Å². The number of hydrogen-bond donors (Lipinski definition) is 2. The number of nitrogens with one attached hydrogen (secondary N) is 2. The van der Waals surface area contributed by atoms with Crippen LogP contribution in [0.15, 0.2) is 47.4 Å². The van der Waals surface area contributed by atoms with Gasteiger partial charge in [-0.15, -0.1) is 0 Å².